The number of halogens is 1. The fourth-order valence-corrected chi connectivity index (χ4v) is 3.13. The number of carboxylic acid groups (broad SMARTS) is 1. The number of aromatic carboxylic acids is 1. The minimum atomic E-state index is -0.883. The molecule has 1 aliphatic rings. The molecule has 2 aromatic rings. The largest absolute Gasteiger partial charge is 0.492 e. The van der Waals surface area contributed by atoms with E-state index in [1.54, 1.807) is 12.1 Å². The smallest absolute Gasteiger partial charge is 0.335 e. The number of benzene rings is 2. The van der Waals surface area contributed by atoms with Gasteiger partial charge in [0.05, 0.1) is 5.56 Å². The molecule has 138 valence electrons. The first kappa shape index (κ1) is 18.7. The van der Waals surface area contributed by atoms with Crippen molar-refractivity contribution in [3.63, 3.8) is 0 Å². The zero-order valence-corrected chi connectivity index (χ0v) is 15.4. The number of rotatable bonds is 7. The molecular formula is C20H23ClN2O3. The van der Waals surface area contributed by atoms with E-state index in [0.29, 0.717) is 17.2 Å². The van der Waals surface area contributed by atoms with Gasteiger partial charge in [-0.2, -0.15) is 0 Å². The van der Waals surface area contributed by atoms with Gasteiger partial charge in [0.2, 0.25) is 0 Å². The molecule has 1 aliphatic heterocycles. The highest BCUT2D eigenvalue weighted by molar-refractivity contribution is 6.30. The molecule has 1 N–H and O–H groups in total. The summed E-state index contributed by atoms with van der Waals surface area (Å²) in [7, 11) is 0. The molecule has 2 aromatic carbocycles. The molecule has 26 heavy (non-hydrogen) atoms. The lowest BCUT2D eigenvalue weighted by atomic mass is 10.1. The third kappa shape index (κ3) is 5.46. The van der Waals surface area contributed by atoms with Gasteiger partial charge >= 0.3 is 5.97 Å². The van der Waals surface area contributed by atoms with E-state index < -0.39 is 5.97 Å². The van der Waals surface area contributed by atoms with Crippen molar-refractivity contribution in [2.75, 3.05) is 39.3 Å². The molecule has 0 radical (unpaired) electrons. The second-order valence-corrected chi connectivity index (χ2v) is 6.86. The fraction of sp³-hybridized carbons (Fsp3) is 0.350. The van der Waals surface area contributed by atoms with Gasteiger partial charge in [0.15, 0.2) is 0 Å². The van der Waals surface area contributed by atoms with Gasteiger partial charge in [-0.05, 0) is 42.0 Å². The van der Waals surface area contributed by atoms with E-state index in [2.05, 4.69) is 9.80 Å². The number of hydrogen-bond acceptors (Lipinski definition) is 4. The van der Waals surface area contributed by atoms with Crippen molar-refractivity contribution in [3.05, 3.63) is 64.7 Å². The summed E-state index contributed by atoms with van der Waals surface area (Å²) in [6, 6.07) is 14.6. The summed E-state index contributed by atoms with van der Waals surface area (Å²) in [4.78, 5) is 15.7. The topological polar surface area (TPSA) is 53.0 Å². The minimum Gasteiger partial charge on any atom is -0.492 e. The van der Waals surface area contributed by atoms with Crippen LogP contribution in [0.1, 0.15) is 15.9 Å². The van der Waals surface area contributed by atoms with Crippen LogP contribution in [0, 0.1) is 0 Å². The maximum atomic E-state index is 10.9. The monoisotopic (exact) mass is 374 g/mol. The van der Waals surface area contributed by atoms with Gasteiger partial charge in [0.25, 0.3) is 0 Å². The van der Waals surface area contributed by atoms with Crippen LogP contribution >= 0.6 is 11.6 Å². The highest BCUT2D eigenvalue weighted by Gasteiger charge is 2.17. The molecule has 0 amide bonds. The van der Waals surface area contributed by atoms with Gasteiger partial charge in [0, 0.05) is 44.3 Å². The van der Waals surface area contributed by atoms with Crippen molar-refractivity contribution in [1.29, 1.82) is 0 Å². The van der Waals surface area contributed by atoms with E-state index in [9.17, 15) is 4.79 Å². The Morgan fingerprint density at radius 1 is 0.962 bits per heavy atom. The molecule has 6 heteroatoms. The quantitative estimate of drug-likeness (QED) is 0.806. The van der Waals surface area contributed by atoms with Crippen LogP contribution < -0.4 is 4.74 Å². The summed E-state index contributed by atoms with van der Waals surface area (Å²) in [6.07, 6.45) is 0. The second-order valence-electron chi connectivity index (χ2n) is 6.42. The highest BCUT2D eigenvalue weighted by Crippen LogP contribution is 2.15. The van der Waals surface area contributed by atoms with Gasteiger partial charge in [-0.1, -0.05) is 23.7 Å². The van der Waals surface area contributed by atoms with Crippen LogP contribution in [0.2, 0.25) is 5.02 Å². The normalized spacial score (nSPS) is 15.7. The maximum absolute atomic E-state index is 10.9. The standard InChI is InChI=1S/C20H23ClN2O3/c21-18-5-7-19(8-6-18)26-14-13-22-9-11-23(12-10-22)15-16-1-3-17(4-2-16)20(24)25/h1-8H,9-15H2,(H,24,25). The zero-order valence-electron chi connectivity index (χ0n) is 14.6. The van der Waals surface area contributed by atoms with E-state index in [0.717, 1.165) is 50.6 Å². The third-order valence-electron chi connectivity index (χ3n) is 4.56. The molecule has 0 bridgehead atoms. The second kappa shape index (κ2) is 9.03. The molecule has 0 atom stereocenters. The molecule has 1 heterocycles. The van der Waals surface area contributed by atoms with Crippen LogP contribution in [0.4, 0.5) is 0 Å². The van der Waals surface area contributed by atoms with Crippen molar-refractivity contribution < 1.29 is 14.6 Å². The van der Waals surface area contributed by atoms with Gasteiger partial charge in [-0.15, -0.1) is 0 Å². The Balaban J connectivity index is 1.37. The van der Waals surface area contributed by atoms with Crippen molar-refractivity contribution in [3.8, 4) is 5.75 Å². The van der Waals surface area contributed by atoms with Crippen LogP contribution in [-0.4, -0.2) is 60.2 Å². The van der Waals surface area contributed by atoms with Crippen LogP contribution in [0.15, 0.2) is 48.5 Å². The molecule has 0 unspecified atom stereocenters. The zero-order chi connectivity index (χ0) is 18.4. The molecule has 0 spiro atoms. The molecule has 1 saturated heterocycles. The first-order valence-corrected chi connectivity index (χ1v) is 9.13. The van der Waals surface area contributed by atoms with Gasteiger partial charge in [-0.25, -0.2) is 4.79 Å². The Kier molecular flexibility index (Phi) is 6.50. The maximum Gasteiger partial charge on any atom is 0.335 e. The van der Waals surface area contributed by atoms with Gasteiger partial charge in [0.1, 0.15) is 12.4 Å². The number of carbonyl (C=O) groups is 1. The Bertz CT molecular complexity index is 711. The van der Waals surface area contributed by atoms with Crippen LogP contribution in [0.25, 0.3) is 0 Å². The molecule has 0 saturated carbocycles. The lowest BCUT2D eigenvalue weighted by molar-refractivity contribution is 0.0697. The van der Waals surface area contributed by atoms with E-state index in [1.807, 2.05) is 36.4 Å². The van der Waals surface area contributed by atoms with E-state index >= 15 is 0 Å². The fourth-order valence-electron chi connectivity index (χ4n) is 3.01. The van der Waals surface area contributed by atoms with Crippen molar-refractivity contribution in [1.82, 2.24) is 9.80 Å². The Morgan fingerprint density at radius 3 is 2.19 bits per heavy atom. The third-order valence-corrected chi connectivity index (χ3v) is 4.81. The van der Waals surface area contributed by atoms with Gasteiger partial charge < -0.3 is 9.84 Å². The molecule has 0 aromatic heterocycles. The molecule has 3 rings (SSSR count). The predicted octanol–water partition coefficient (Wildman–Crippen LogP) is 3.23. The van der Waals surface area contributed by atoms with Crippen LogP contribution in [-0.2, 0) is 6.54 Å². The van der Waals surface area contributed by atoms with E-state index in [-0.39, 0.29) is 0 Å². The lowest BCUT2D eigenvalue weighted by Gasteiger charge is -2.34. The van der Waals surface area contributed by atoms with Crippen LogP contribution in [0.3, 0.4) is 0 Å². The molecule has 1 fully saturated rings. The number of nitrogens with zero attached hydrogens (tertiary/aromatic N) is 2. The predicted molar refractivity (Wildman–Crippen MR) is 102 cm³/mol. The van der Waals surface area contributed by atoms with E-state index in [1.165, 1.54) is 0 Å². The Labute approximate surface area is 158 Å². The summed E-state index contributed by atoms with van der Waals surface area (Å²) < 4.78 is 5.75. The van der Waals surface area contributed by atoms with Crippen molar-refractivity contribution in [2.24, 2.45) is 0 Å². The highest BCUT2D eigenvalue weighted by atomic mass is 35.5. The SMILES string of the molecule is O=C(O)c1ccc(CN2CCN(CCOc3ccc(Cl)cc3)CC2)cc1. The van der Waals surface area contributed by atoms with Crippen LogP contribution in [0.5, 0.6) is 5.75 Å². The molecular weight excluding hydrogens is 352 g/mol. The average Bonchev–Trinajstić information content (AvgIpc) is 2.65. The van der Waals surface area contributed by atoms with Crippen molar-refractivity contribution >= 4 is 17.6 Å². The lowest BCUT2D eigenvalue weighted by Crippen LogP contribution is -2.47. The summed E-state index contributed by atoms with van der Waals surface area (Å²) in [6.45, 7) is 6.45. The number of carboxylic acids is 1. The summed E-state index contributed by atoms with van der Waals surface area (Å²) >= 11 is 5.87. The van der Waals surface area contributed by atoms with Crippen molar-refractivity contribution in [2.45, 2.75) is 6.54 Å². The van der Waals surface area contributed by atoms with E-state index in [4.69, 9.17) is 21.4 Å². The first-order chi connectivity index (χ1) is 12.6. The summed E-state index contributed by atoms with van der Waals surface area (Å²) in [5.41, 5.74) is 1.48. The average molecular weight is 375 g/mol. The summed E-state index contributed by atoms with van der Waals surface area (Å²) in [5.74, 6) is -0.0381. The Morgan fingerprint density at radius 2 is 1.58 bits per heavy atom. The number of ether oxygens (including phenoxy) is 1. The minimum absolute atomic E-state index is 0.333. The Hall–Kier alpha value is -2.08. The first-order valence-electron chi connectivity index (χ1n) is 8.75. The number of hydrogen-bond donors (Lipinski definition) is 1. The molecule has 5 nitrogen and oxygen atoms in total. The van der Waals surface area contributed by atoms with Gasteiger partial charge in [-0.3, -0.25) is 9.80 Å². The molecule has 0 aliphatic carbocycles. The number of piperazine rings is 1. The summed E-state index contributed by atoms with van der Waals surface area (Å²) in [5, 5.41) is 9.66.